The summed E-state index contributed by atoms with van der Waals surface area (Å²) >= 11 is 0. The maximum absolute atomic E-state index is 11.5. The van der Waals surface area contributed by atoms with Crippen molar-refractivity contribution in [1.29, 1.82) is 0 Å². The molecule has 0 aliphatic heterocycles. The summed E-state index contributed by atoms with van der Waals surface area (Å²) in [6, 6.07) is 8.27. The Kier molecular flexibility index (Phi) is 5.93. The predicted octanol–water partition coefficient (Wildman–Crippen LogP) is 7.95. The second-order valence-corrected chi connectivity index (χ2v) is 12.7. The van der Waals surface area contributed by atoms with Crippen LogP contribution in [-0.4, -0.2) is 10.2 Å². The second-order valence-electron chi connectivity index (χ2n) is 12.7. The van der Waals surface area contributed by atoms with Crippen LogP contribution in [-0.2, 0) is 21.7 Å². The van der Waals surface area contributed by atoms with Crippen LogP contribution in [0.3, 0.4) is 0 Å². The van der Waals surface area contributed by atoms with Gasteiger partial charge >= 0.3 is 0 Å². The number of hydrogen-bond donors (Lipinski definition) is 2. The number of phenolic OH excluding ortho intramolecular Hbond substituents is 2. The Bertz CT molecular complexity index is 937. The maximum atomic E-state index is 11.5. The smallest absolute Gasteiger partial charge is 0.166 e. The standard InChI is InChI=1S/C28H42O2/c1-25(2,3)18-16-14-13-15-17(18)19-20(26(4,5)6)21(27(7,8)9)22(28(10,11)12)24(30)23(19)29/h13-16,29-30H,1-12H3. The summed E-state index contributed by atoms with van der Waals surface area (Å²) < 4.78 is 0. The Hall–Kier alpha value is -1.96. The van der Waals surface area contributed by atoms with Crippen LogP contribution < -0.4 is 0 Å². The van der Waals surface area contributed by atoms with Crippen LogP contribution in [0.2, 0.25) is 0 Å². The molecule has 166 valence electrons. The van der Waals surface area contributed by atoms with Gasteiger partial charge in [-0.25, -0.2) is 0 Å². The fourth-order valence-corrected chi connectivity index (χ4v) is 4.57. The van der Waals surface area contributed by atoms with Gasteiger partial charge in [0.2, 0.25) is 0 Å². The highest BCUT2D eigenvalue weighted by Gasteiger charge is 2.39. The summed E-state index contributed by atoms with van der Waals surface area (Å²) in [4.78, 5) is 0. The van der Waals surface area contributed by atoms with Crippen molar-refractivity contribution in [3.63, 3.8) is 0 Å². The number of rotatable bonds is 1. The minimum atomic E-state index is -0.313. The zero-order valence-electron chi connectivity index (χ0n) is 21.2. The third kappa shape index (κ3) is 4.38. The Morgan fingerprint density at radius 2 is 0.933 bits per heavy atom. The molecule has 0 saturated heterocycles. The third-order valence-electron chi connectivity index (χ3n) is 5.70. The first-order chi connectivity index (χ1) is 13.3. The van der Waals surface area contributed by atoms with Crippen LogP contribution >= 0.6 is 0 Å². The van der Waals surface area contributed by atoms with Gasteiger partial charge < -0.3 is 10.2 Å². The molecule has 0 aromatic heterocycles. The first-order valence-corrected chi connectivity index (χ1v) is 11.0. The van der Waals surface area contributed by atoms with Gasteiger partial charge in [-0.2, -0.15) is 0 Å². The molecule has 0 radical (unpaired) electrons. The first kappa shape index (κ1) is 24.3. The molecular formula is C28H42O2. The summed E-state index contributed by atoms with van der Waals surface area (Å²) in [5, 5.41) is 22.8. The van der Waals surface area contributed by atoms with Gasteiger partial charge in [0, 0.05) is 11.1 Å². The predicted molar refractivity (Wildman–Crippen MR) is 130 cm³/mol. The van der Waals surface area contributed by atoms with E-state index in [9.17, 15) is 10.2 Å². The lowest BCUT2D eigenvalue weighted by Gasteiger charge is -2.39. The van der Waals surface area contributed by atoms with Crippen LogP contribution in [0.4, 0.5) is 0 Å². The van der Waals surface area contributed by atoms with Gasteiger partial charge in [-0.15, -0.1) is 0 Å². The van der Waals surface area contributed by atoms with Crippen LogP contribution in [0.1, 0.15) is 105 Å². The van der Waals surface area contributed by atoms with E-state index >= 15 is 0 Å². The monoisotopic (exact) mass is 410 g/mol. The Labute approximate surface area is 184 Å². The molecule has 0 heterocycles. The van der Waals surface area contributed by atoms with E-state index < -0.39 is 0 Å². The van der Waals surface area contributed by atoms with Gasteiger partial charge in [-0.05, 0) is 43.9 Å². The van der Waals surface area contributed by atoms with E-state index in [-0.39, 0.29) is 33.2 Å². The molecular weight excluding hydrogens is 368 g/mol. The van der Waals surface area contributed by atoms with Gasteiger partial charge in [-0.1, -0.05) is 107 Å². The number of benzene rings is 2. The Balaban J connectivity index is 3.26. The molecule has 0 fully saturated rings. The molecule has 2 nitrogen and oxygen atoms in total. The van der Waals surface area contributed by atoms with E-state index in [1.165, 1.54) is 0 Å². The summed E-state index contributed by atoms with van der Waals surface area (Å²) in [6.45, 7) is 26.1. The van der Waals surface area contributed by atoms with Crippen molar-refractivity contribution in [2.24, 2.45) is 0 Å². The molecule has 2 rings (SSSR count). The number of hydrogen-bond acceptors (Lipinski definition) is 2. The number of phenols is 2. The van der Waals surface area contributed by atoms with Crippen molar-refractivity contribution in [3.05, 3.63) is 46.5 Å². The summed E-state index contributed by atoms with van der Waals surface area (Å²) in [5.74, 6) is 0.00804. The fourth-order valence-electron chi connectivity index (χ4n) is 4.57. The largest absolute Gasteiger partial charge is 0.504 e. The highest BCUT2D eigenvalue weighted by Crippen LogP contribution is 2.55. The molecule has 0 bridgehead atoms. The lowest BCUT2D eigenvalue weighted by Crippen LogP contribution is -2.29. The molecule has 0 unspecified atom stereocenters. The highest BCUT2D eigenvalue weighted by atomic mass is 16.3. The van der Waals surface area contributed by atoms with E-state index in [1.807, 2.05) is 12.1 Å². The third-order valence-corrected chi connectivity index (χ3v) is 5.70. The quantitative estimate of drug-likeness (QED) is 0.468. The van der Waals surface area contributed by atoms with E-state index in [2.05, 4.69) is 95.2 Å². The van der Waals surface area contributed by atoms with E-state index in [1.54, 1.807) is 0 Å². The lowest BCUT2D eigenvalue weighted by atomic mass is 9.65. The minimum Gasteiger partial charge on any atom is -0.504 e. The van der Waals surface area contributed by atoms with Crippen molar-refractivity contribution >= 4 is 0 Å². The second kappa shape index (κ2) is 7.32. The lowest BCUT2D eigenvalue weighted by molar-refractivity contribution is 0.380. The molecule has 0 spiro atoms. The molecule has 2 heteroatoms. The van der Waals surface area contributed by atoms with Gasteiger partial charge in [-0.3, -0.25) is 0 Å². The molecule has 0 amide bonds. The molecule has 0 atom stereocenters. The maximum Gasteiger partial charge on any atom is 0.166 e. The van der Waals surface area contributed by atoms with E-state index in [0.717, 1.165) is 33.4 Å². The average Bonchev–Trinajstić information content (AvgIpc) is 2.52. The molecule has 2 aromatic rings. The first-order valence-electron chi connectivity index (χ1n) is 11.0. The average molecular weight is 411 g/mol. The van der Waals surface area contributed by atoms with Crippen molar-refractivity contribution < 1.29 is 10.2 Å². The normalized spacial score (nSPS) is 13.6. The van der Waals surface area contributed by atoms with Gasteiger partial charge in [0.25, 0.3) is 0 Å². The molecule has 0 aliphatic rings. The SMILES string of the molecule is CC(C)(C)c1ccccc1-c1c(O)c(O)c(C(C)(C)C)c(C(C)(C)C)c1C(C)(C)C. The van der Waals surface area contributed by atoms with Crippen molar-refractivity contribution in [2.45, 2.75) is 105 Å². The molecule has 30 heavy (non-hydrogen) atoms. The van der Waals surface area contributed by atoms with Crippen molar-refractivity contribution in [1.82, 2.24) is 0 Å². The van der Waals surface area contributed by atoms with E-state index in [0.29, 0.717) is 0 Å². The summed E-state index contributed by atoms with van der Waals surface area (Å²) in [5.41, 5.74) is 5.17. The fraction of sp³-hybridized carbons (Fsp3) is 0.571. The zero-order valence-corrected chi connectivity index (χ0v) is 21.2. The van der Waals surface area contributed by atoms with Crippen molar-refractivity contribution in [2.75, 3.05) is 0 Å². The van der Waals surface area contributed by atoms with Crippen molar-refractivity contribution in [3.8, 4) is 22.6 Å². The van der Waals surface area contributed by atoms with Crippen LogP contribution in [0, 0.1) is 0 Å². The number of aromatic hydroxyl groups is 2. The molecule has 2 aromatic carbocycles. The van der Waals surface area contributed by atoms with Crippen LogP contribution in [0.5, 0.6) is 11.5 Å². The van der Waals surface area contributed by atoms with Crippen LogP contribution in [0.25, 0.3) is 11.1 Å². The Morgan fingerprint density at radius 1 is 0.500 bits per heavy atom. The highest BCUT2D eigenvalue weighted by molar-refractivity contribution is 5.84. The molecule has 0 saturated carbocycles. The molecule has 0 aliphatic carbocycles. The minimum absolute atomic E-state index is 0.00505. The summed E-state index contributed by atoms with van der Waals surface area (Å²) in [6.07, 6.45) is 0. The Morgan fingerprint density at radius 3 is 1.33 bits per heavy atom. The van der Waals surface area contributed by atoms with Gasteiger partial charge in [0.05, 0.1) is 0 Å². The zero-order chi connectivity index (χ0) is 23.4. The van der Waals surface area contributed by atoms with Gasteiger partial charge in [0.1, 0.15) is 0 Å². The van der Waals surface area contributed by atoms with Gasteiger partial charge in [0.15, 0.2) is 11.5 Å². The van der Waals surface area contributed by atoms with Crippen LogP contribution in [0.15, 0.2) is 24.3 Å². The summed E-state index contributed by atoms with van der Waals surface area (Å²) in [7, 11) is 0. The topological polar surface area (TPSA) is 40.5 Å². The van der Waals surface area contributed by atoms with E-state index in [4.69, 9.17) is 0 Å². The molecule has 2 N–H and O–H groups in total.